The maximum atomic E-state index is 4.86. The molecule has 3 rings (SSSR count). The van der Waals surface area contributed by atoms with Crippen molar-refractivity contribution in [2.75, 3.05) is 0 Å². The molecule has 1 aromatic carbocycles. The van der Waals surface area contributed by atoms with Gasteiger partial charge in [0.1, 0.15) is 0 Å². The first-order valence-corrected chi connectivity index (χ1v) is 9.58. The van der Waals surface area contributed by atoms with Crippen LogP contribution in [0.2, 0.25) is 0 Å². The Kier molecular flexibility index (Phi) is 12.8. The van der Waals surface area contributed by atoms with Gasteiger partial charge in [0, 0.05) is 25.0 Å². The molecule has 0 unspecified atom stereocenters. The molecule has 0 radical (unpaired) electrons. The summed E-state index contributed by atoms with van der Waals surface area (Å²) in [5.74, 6) is 0.908. The average molecular weight is 484 g/mol. The Bertz CT molecular complexity index is 885. The number of benzene rings is 1. The number of pyridine rings is 2. The molecule has 0 amide bonds. The molecule has 0 spiro atoms. The Hall–Kier alpha value is -1.71. The van der Waals surface area contributed by atoms with Crippen molar-refractivity contribution >= 4 is 11.9 Å². The minimum atomic E-state index is 0. The van der Waals surface area contributed by atoms with E-state index in [4.69, 9.17) is 4.99 Å². The summed E-state index contributed by atoms with van der Waals surface area (Å²) in [7, 11) is 0. The van der Waals surface area contributed by atoms with E-state index in [1.54, 1.807) is 6.20 Å². The second kappa shape index (κ2) is 13.6. The maximum absolute atomic E-state index is 4.86. The van der Waals surface area contributed by atoms with E-state index in [1.165, 1.54) is 11.1 Å². The second-order valence-corrected chi connectivity index (χ2v) is 7.38. The number of rotatable bonds is 6. The first-order valence-electron chi connectivity index (χ1n) is 9.58. The molecule has 0 atom stereocenters. The summed E-state index contributed by atoms with van der Waals surface area (Å²) in [5.41, 5.74) is 6.67. The summed E-state index contributed by atoms with van der Waals surface area (Å²) in [5, 5.41) is 0. The molecule has 0 aliphatic carbocycles. The number of aliphatic imine (C=N–C) groups is 1. The van der Waals surface area contributed by atoms with Gasteiger partial charge in [-0.1, -0.05) is 58.0 Å². The summed E-state index contributed by atoms with van der Waals surface area (Å²) in [6.07, 6.45) is 6.47. The number of hydrogen-bond acceptors (Lipinski definition) is 3. The molecule has 3 aromatic rings. The van der Waals surface area contributed by atoms with Gasteiger partial charge in [-0.15, -0.1) is 0 Å². The predicted molar refractivity (Wildman–Crippen MR) is 114 cm³/mol. The molecule has 0 bridgehead atoms. The molecule has 0 N–H and O–H groups in total. The molecule has 6 heteroatoms. The summed E-state index contributed by atoms with van der Waals surface area (Å²) in [6.45, 7) is 8.88. The normalized spacial score (nSPS) is 10.5. The molecule has 160 valence electrons. The fourth-order valence-electron chi connectivity index (χ4n) is 3.11. The second-order valence-electron chi connectivity index (χ2n) is 7.38. The van der Waals surface area contributed by atoms with E-state index in [2.05, 4.69) is 61.9 Å². The minimum absolute atomic E-state index is 0. The van der Waals surface area contributed by atoms with Crippen LogP contribution in [0.3, 0.4) is 0 Å². The van der Waals surface area contributed by atoms with E-state index in [1.807, 2.05) is 36.7 Å². The molecular weight excluding hydrogens is 457 g/mol. The molecule has 0 aliphatic rings. The van der Waals surface area contributed by atoms with E-state index >= 15 is 0 Å². The maximum Gasteiger partial charge on any atom is 2.00 e. The van der Waals surface area contributed by atoms with Crippen molar-refractivity contribution in [3.8, 4) is 11.4 Å². The van der Waals surface area contributed by atoms with Crippen molar-refractivity contribution in [1.82, 2.24) is 9.97 Å². The van der Waals surface area contributed by atoms with Gasteiger partial charge in [0.15, 0.2) is 0 Å². The fourth-order valence-corrected chi connectivity index (χ4v) is 3.11. The third-order valence-electron chi connectivity index (χ3n) is 4.64. The summed E-state index contributed by atoms with van der Waals surface area (Å²) in [4.78, 5) is 13.7. The summed E-state index contributed by atoms with van der Waals surface area (Å²) in [6, 6.07) is 16.5. The van der Waals surface area contributed by atoms with Crippen molar-refractivity contribution in [2.24, 2.45) is 4.99 Å². The van der Waals surface area contributed by atoms with Crippen molar-refractivity contribution in [1.29, 1.82) is 0 Å². The molecule has 0 saturated heterocycles. The third-order valence-corrected chi connectivity index (χ3v) is 4.64. The first-order chi connectivity index (χ1) is 13.1. The van der Waals surface area contributed by atoms with Crippen molar-refractivity contribution in [3.05, 3.63) is 77.6 Å². The Morgan fingerprint density at radius 3 is 1.93 bits per heavy atom. The number of hydrogen-bond donors (Lipinski definition) is 0. The summed E-state index contributed by atoms with van der Waals surface area (Å²) >= 11 is 0. The van der Waals surface area contributed by atoms with Crippen LogP contribution in [0.1, 0.15) is 56.2 Å². The van der Waals surface area contributed by atoms with Crippen molar-refractivity contribution < 1.29 is 41.9 Å². The van der Waals surface area contributed by atoms with Crippen LogP contribution < -0.4 is 24.8 Å². The standard InChI is InChI=1S/C24H27N3.2ClH.Fe/c1-17(2)20-8-7-9-21(18(3)4)24(20)26-15-13-19-11-12-23(27-16-19)22-10-5-6-14-25-22;;;/h5-12,14-18H,13H2,1-4H3;2*1H;/q;;;+2/p-2. The van der Waals surface area contributed by atoms with Gasteiger partial charge in [-0.05, 0) is 46.7 Å². The predicted octanol–water partition coefficient (Wildman–Crippen LogP) is 0.341. The van der Waals surface area contributed by atoms with Crippen LogP contribution in [0.5, 0.6) is 0 Å². The van der Waals surface area contributed by atoms with Gasteiger partial charge in [0.25, 0.3) is 0 Å². The Balaban J connectivity index is 0.00000280. The van der Waals surface area contributed by atoms with E-state index in [0.29, 0.717) is 11.8 Å². The van der Waals surface area contributed by atoms with Crippen LogP contribution >= 0.6 is 0 Å². The monoisotopic (exact) mass is 483 g/mol. The Morgan fingerprint density at radius 1 is 0.800 bits per heavy atom. The van der Waals surface area contributed by atoms with Crippen LogP contribution in [-0.2, 0) is 23.5 Å². The SMILES string of the molecule is CC(C)c1cccc(C(C)C)c1N=CCc1ccc(-c2ccccn2)nc1.[Cl-].[Cl-].[Fe+2]. The van der Waals surface area contributed by atoms with Gasteiger partial charge >= 0.3 is 17.1 Å². The van der Waals surface area contributed by atoms with Gasteiger partial charge in [-0.2, -0.15) is 0 Å². The van der Waals surface area contributed by atoms with Crippen LogP contribution in [0.4, 0.5) is 5.69 Å². The quantitative estimate of drug-likeness (QED) is 0.374. The first kappa shape index (κ1) is 28.3. The third kappa shape index (κ3) is 7.21. The van der Waals surface area contributed by atoms with Crippen LogP contribution in [0.25, 0.3) is 11.4 Å². The average Bonchev–Trinajstić information content (AvgIpc) is 2.69. The fraction of sp³-hybridized carbons (Fsp3) is 0.292. The van der Waals surface area contributed by atoms with Gasteiger partial charge in [-0.3, -0.25) is 15.0 Å². The van der Waals surface area contributed by atoms with E-state index in [-0.39, 0.29) is 41.9 Å². The largest absolute Gasteiger partial charge is 2.00 e. The van der Waals surface area contributed by atoms with Gasteiger partial charge in [0.2, 0.25) is 0 Å². The number of aromatic nitrogens is 2. The molecule has 2 heterocycles. The van der Waals surface area contributed by atoms with Crippen LogP contribution in [0, 0.1) is 0 Å². The van der Waals surface area contributed by atoms with Gasteiger partial charge in [0.05, 0.1) is 17.1 Å². The topological polar surface area (TPSA) is 38.1 Å². The van der Waals surface area contributed by atoms with E-state index in [9.17, 15) is 0 Å². The van der Waals surface area contributed by atoms with E-state index in [0.717, 1.165) is 29.1 Å². The van der Waals surface area contributed by atoms with Crippen LogP contribution in [0.15, 0.2) is 65.9 Å². The van der Waals surface area contributed by atoms with Gasteiger partial charge < -0.3 is 24.8 Å². The van der Waals surface area contributed by atoms with Gasteiger partial charge in [-0.25, -0.2) is 0 Å². The molecule has 30 heavy (non-hydrogen) atoms. The van der Waals surface area contributed by atoms with Crippen molar-refractivity contribution in [2.45, 2.75) is 46.0 Å². The number of halogens is 2. The number of para-hydroxylation sites is 1. The molecular formula is C24H27Cl2FeN3. The summed E-state index contributed by atoms with van der Waals surface area (Å²) < 4.78 is 0. The zero-order valence-electron chi connectivity index (χ0n) is 17.7. The van der Waals surface area contributed by atoms with Crippen LogP contribution in [-0.4, -0.2) is 16.2 Å². The molecule has 3 nitrogen and oxygen atoms in total. The number of nitrogens with zero attached hydrogens (tertiary/aromatic N) is 3. The zero-order chi connectivity index (χ0) is 19.2. The van der Waals surface area contributed by atoms with E-state index < -0.39 is 0 Å². The molecule has 0 fully saturated rings. The smallest absolute Gasteiger partial charge is 1.00 e. The molecule has 2 aromatic heterocycles. The Morgan fingerprint density at radius 2 is 1.43 bits per heavy atom. The molecule has 0 aliphatic heterocycles. The zero-order valence-corrected chi connectivity index (χ0v) is 20.3. The molecule has 0 saturated carbocycles. The Labute approximate surface area is 203 Å². The van der Waals surface area contributed by atoms with Crippen molar-refractivity contribution in [3.63, 3.8) is 0 Å². The minimum Gasteiger partial charge on any atom is -1.00 e.